The van der Waals surface area contributed by atoms with Crippen LogP contribution in [0.4, 0.5) is 0 Å². The summed E-state index contributed by atoms with van der Waals surface area (Å²) in [6, 6.07) is 15.4. The highest BCUT2D eigenvalue weighted by Gasteiger charge is 2.32. The number of amides is 1. The van der Waals surface area contributed by atoms with E-state index in [1.165, 1.54) is 11.8 Å². The van der Waals surface area contributed by atoms with Crippen molar-refractivity contribution in [2.75, 3.05) is 13.1 Å². The quantitative estimate of drug-likeness (QED) is 0.292. The maximum atomic E-state index is 13.0. The monoisotopic (exact) mass is 456 g/mol. The number of rotatable bonds is 10. The van der Waals surface area contributed by atoms with Gasteiger partial charge in [-0.05, 0) is 66.1 Å². The molecule has 0 aliphatic carbocycles. The molecule has 1 heterocycles. The van der Waals surface area contributed by atoms with Crippen LogP contribution in [0.3, 0.4) is 0 Å². The van der Waals surface area contributed by atoms with Crippen LogP contribution in [0.2, 0.25) is 5.02 Å². The van der Waals surface area contributed by atoms with Crippen LogP contribution in [0.25, 0.3) is 6.08 Å². The van der Waals surface area contributed by atoms with Crippen molar-refractivity contribution in [3.8, 4) is 5.75 Å². The van der Waals surface area contributed by atoms with Gasteiger partial charge in [-0.15, -0.1) is 0 Å². The molecule has 2 aromatic rings. The molecule has 0 aromatic heterocycles. The van der Waals surface area contributed by atoms with E-state index in [1.807, 2.05) is 59.5 Å². The summed E-state index contributed by atoms with van der Waals surface area (Å²) in [6.07, 6.45) is 6.08. The average molecular weight is 457 g/mol. The smallest absolute Gasteiger partial charge is 0.266 e. The van der Waals surface area contributed by atoms with Crippen LogP contribution >= 0.6 is 23.4 Å². The first-order chi connectivity index (χ1) is 15.1. The van der Waals surface area contributed by atoms with Crippen molar-refractivity contribution in [1.29, 1.82) is 0 Å². The number of unbranched alkanes of at least 4 members (excludes halogenated alkanes) is 2. The number of hydrogen-bond donors (Lipinski definition) is 0. The number of amidine groups is 1. The molecule has 2 aromatic carbocycles. The Morgan fingerprint density at radius 3 is 2.61 bits per heavy atom. The average Bonchev–Trinajstić information content (AvgIpc) is 3.06. The third kappa shape index (κ3) is 6.88. The molecular weight excluding hydrogens is 428 g/mol. The first kappa shape index (κ1) is 23.4. The van der Waals surface area contributed by atoms with Crippen molar-refractivity contribution < 1.29 is 9.53 Å². The molecule has 0 radical (unpaired) electrons. The van der Waals surface area contributed by atoms with Crippen LogP contribution in [0.1, 0.15) is 50.7 Å². The summed E-state index contributed by atoms with van der Waals surface area (Å²) >= 11 is 7.41. The number of benzene rings is 2. The van der Waals surface area contributed by atoms with Gasteiger partial charge in [-0.25, -0.2) is 0 Å². The molecule has 6 heteroatoms. The van der Waals surface area contributed by atoms with Gasteiger partial charge in [0.15, 0.2) is 5.17 Å². The summed E-state index contributed by atoms with van der Waals surface area (Å²) < 4.78 is 5.93. The molecule has 0 atom stereocenters. The molecule has 0 spiro atoms. The summed E-state index contributed by atoms with van der Waals surface area (Å²) in [5.41, 5.74) is 1.99. The number of halogens is 1. The Labute approximate surface area is 194 Å². The minimum Gasteiger partial charge on any atom is -0.489 e. The van der Waals surface area contributed by atoms with E-state index in [9.17, 15) is 4.79 Å². The summed E-state index contributed by atoms with van der Waals surface area (Å²) in [6.45, 7) is 6.22. The fourth-order valence-electron chi connectivity index (χ4n) is 3.06. The fraction of sp³-hybridized carbons (Fsp3) is 0.360. The lowest BCUT2D eigenvalue weighted by atomic mass is 10.2. The molecular formula is C25H29ClN2O2S. The Bertz CT molecular complexity index is 941. The normalized spacial score (nSPS) is 16.5. The Kier molecular flexibility index (Phi) is 9.04. The Balaban J connectivity index is 1.72. The molecule has 1 aliphatic rings. The van der Waals surface area contributed by atoms with Crippen molar-refractivity contribution in [3.05, 3.63) is 69.6 Å². The zero-order chi connectivity index (χ0) is 22.1. The number of thioether (sulfide) groups is 1. The molecule has 164 valence electrons. The highest BCUT2D eigenvalue weighted by atomic mass is 35.5. The largest absolute Gasteiger partial charge is 0.489 e. The van der Waals surface area contributed by atoms with Crippen molar-refractivity contribution in [2.24, 2.45) is 4.99 Å². The molecule has 0 N–H and O–H groups in total. The summed E-state index contributed by atoms with van der Waals surface area (Å²) in [5, 5.41) is 1.54. The van der Waals surface area contributed by atoms with Crippen LogP contribution in [-0.2, 0) is 11.4 Å². The van der Waals surface area contributed by atoms with Crippen LogP contribution in [0.15, 0.2) is 58.4 Å². The van der Waals surface area contributed by atoms with Gasteiger partial charge in [0.1, 0.15) is 12.4 Å². The van der Waals surface area contributed by atoms with Crippen LogP contribution in [-0.4, -0.2) is 29.1 Å². The maximum absolute atomic E-state index is 13.0. The van der Waals surface area contributed by atoms with Crippen LogP contribution in [0.5, 0.6) is 5.75 Å². The maximum Gasteiger partial charge on any atom is 0.266 e. The first-order valence-electron chi connectivity index (χ1n) is 10.8. The van der Waals surface area contributed by atoms with E-state index < -0.39 is 0 Å². The van der Waals surface area contributed by atoms with E-state index in [4.69, 9.17) is 16.3 Å². The lowest BCUT2D eigenvalue weighted by Gasteiger charge is -2.14. The van der Waals surface area contributed by atoms with E-state index >= 15 is 0 Å². The molecule has 31 heavy (non-hydrogen) atoms. The molecule has 4 nitrogen and oxygen atoms in total. The van der Waals surface area contributed by atoms with Crippen LogP contribution < -0.4 is 4.74 Å². The van der Waals surface area contributed by atoms with Gasteiger partial charge in [0.25, 0.3) is 5.91 Å². The predicted molar refractivity (Wildman–Crippen MR) is 132 cm³/mol. The zero-order valence-corrected chi connectivity index (χ0v) is 19.7. The SMILES string of the molecule is CCCCN=C1SC(=Cc2cccc(OCc3ccc(Cl)cc3)c2)C(=O)N1CCCC. The van der Waals surface area contributed by atoms with Gasteiger partial charge in [-0.1, -0.05) is 62.6 Å². The first-order valence-corrected chi connectivity index (χ1v) is 12.0. The minimum atomic E-state index is 0.0428. The van der Waals surface area contributed by atoms with Gasteiger partial charge in [0.2, 0.25) is 0 Å². The molecule has 1 fully saturated rings. The molecule has 1 aliphatic heterocycles. The topological polar surface area (TPSA) is 41.9 Å². The third-order valence-corrected chi connectivity index (χ3v) is 6.15. The van der Waals surface area contributed by atoms with Gasteiger partial charge in [-0.2, -0.15) is 0 Å². The second kappa shape index (κ2) is 12.0. The van der Waals surface area contributed by atoms with E-state index in [2.05, 4.69) is 18.8 Å². The van der Waals surface area contributed by atoms with E-state index in [0.29, 0.717) is 16.5 Å². The van der Waals surface area contributed by atoms with Gasteiger partial charge in [0, 0.05) is 18.1 Å². The minimum absolute atomic E-state index is 0.0428. The van der Waals surface area contributed by atoms with Gasteiger partial charge >= 0.3 is 0 Å². The second-order valence-electron chi connectivity index (χ2n) is 7.43. The van der Waals surface area contributed by atoms with Crippen molar-refractivity contribution in [2.45, 2.75) is 46.1 Å². The molecule has 0 bridgehead atoms. The molecule has 3 rings (SSSR count). The van der Waals surface area contributed by atoms with Crippen molar-refractivity contribution in [1.82, 2.24) is 4.90 Å². The number of carbonyl (C=O) groups excluding carboxylic acids is 1. The predicted octanol–water partition coefficient (Wildman–Crippen LogP) is 6.79. The zero-order valence-electron chi connectivity index (χ0n) is 18.1. The number of hydrogen-bond acceptors (Lipinski definition) is 4. The van der Waals surface area contributed by atoms with Crippen molar-refractivity contribution in [3.63, 3.8) is 0 Å². The van der Waals surface area contributed by atoms with E-state index in [-0.39, 0.29) is 5.91 Å². The number of carbonyl (C=O) groups is 1. The van der Waals surface area contributed by atoms with Crippen LogP contribution in [0, 0.1) is 0 Å². The van der Waals surface area contributed by atoms with E-state index in [1.54, 1.807) is 0 Å². The molecule has 1 amide bonds. The van der Waals surface area contributed by atoms with Gasteiger partial charge in [-0.3, -0.25) is 14.7 Å². The molecule has 0 saturated carbocycles. The number of aliphatic imine (C=N–C) groups is 1. The molecule has 1 saturated heterocycles. The Hall–Kier alpha value is -2.24. The summed E-state index contributed by atoms with van der Waals surface area (Å²) in [5.74, 6) is 0.806. The van der Waals surface area contributed by atoms with Crippen molar-refractivity contribution >= 4 is 40.5 Å². The van der Waals surface area contributed by atoms with Gasteiger partial charge in [0.05, 0.1) is 4.91 Å². The molecule has 0 unspecified atom stereocenters. The second-order valence-corrected chi connectivity index (χ2v) is 8.87. The number of ether oxygens (including phenoxy) is 1. The van der Waals surface area contributed by atoms with Gasteiger partial charge < -0.3 is 4.74 Å². The fourth-order valence-corrected chi connectivity index (χ4v) is 4.22. The Morgan fingerprint density at radius 1 is 1.10 bits per heavy atom. The highest BCUT2D eigenvalue weighted by molar-refractivity contribution is 8.18. The third-order valence-electron chi connectivity index (χ3n) is 4.86. The standard InChI is InChI=1S/C25H29ClN2O2S/c1-3-5-14-27-25-28(15-6-4-2)24(29)23(31-25)17-20-8-7-9-22(16-20)30-18-19-10-12-21(26)13-11-19/h7-13,16-17H,3-6,14-15,18H2,1-2H3. The summed E-state index contributed by atoms with van der Waals surface area (Å²) in [4.78, 5) is 20.2. The lowest BCUT2D eigenvalue weighted by Crippen LogP contribution is -2.30. The number of nitrogens with zero attached hydrogens (tertiary/aromatic N) is 2. The Morgan fingerprint density at radius 2 is 1.87 bits per heavy atom. The lowest BCUT2D eigenvalue weighted by molar-refractivity contribution is -0.122. The van der Waals surface area contributed by atoms with E-state index in [0.717, 1.165) is 60.8 Å². The highest BCUT2D eigenvalue weighted by Crippen LogP contribution is 2.33. The summed E-state index contributed by atoms with van der Waals surface area (Å²) in [7, 11) is 0.